The summed E-state index contributed by atoms with van der Waals surface area (Å²) in [6.07, 6.45) is 45.4. The highest BCUT2D eigenvalue weighted by Crippen LogP contribution is 2.30. The summed E-state index contributed by atoms with van der Waals surface area (Å²) < 4.78 is 22.9. The Bertz CT molecular complexity index is 1390. The van der Waals surface area contributed by atoms with E-state index in [1.807, 2.05) is 0 Å². The van der Waals surface area contributed by atoms with E-state index in [4.69, 9.17) is 18.9 Å². The van der Waals surface area contributed by atoms with Gasteiger partial charge in [0, 0.05) is 6.42 Å². The molecule has 12 unspecified atom stereocenters. The van der Waals surface area contributed by atoms with Crippen molar-refractivity contribution in [3.63, 3.8) is 0 Å². The first-order valence-corrected chi connectivity index (χ1v) is 33.9. The summed E-state index contributed by atoms with van der Waals surface area (Å²) in [5.74, 6) is -0.212. The van der Waals surface area contributed by atoms with Gasteiger partial charge in [0.25, 0.3) is 0 Å². The number of amides is 1. The second kappa shape index (κ2) is 52.1. The average molecular weight is 1140 g/mol. The largest absolute Gasteiger partial charge is 0.394 e. The quantitative estimate of drug-likeness (QED) is 0.0204. The van der Waals surface area contributed by atoms with Crippen LogP contribution in [0.3, 0.4) is 0 Å². The van der Waals surface area contributed by atoms with E-state index in [1.54, 1.807) is 0 Å². The molecular weight excluding hydrogens is 1010 g/mol. The summed E-state index contributed by atoms with van der Waals surface area (Å²) in [5, 5.41) is 87.4. The zero-order valence-corrected chi connectivity index (χ0v) is 51.4. The van der Waals surface area contributed by atoms with E-state index in [0.717, 1.165) is 64.2 Å². The zero-order valence-electron chi connectivity index (χ0n) is 51.4. The van der Waals surface area contributed by atoms with Gasteiger partial charge in [-0.3, -0.25) is 4.79 Å². The molecule has 2 aliphatic heterocycles. The number of allylic oxidation sites excluding steroid dienone is 2. The molecule has 0 aromatic carbocycles. The Morgan fingerprint density at radius 2 is 0.787 bits per heavy atom. The van der Waals surface area contributed by atoms with Gasteiger partial charge in [0.15, 0.2) is 12.6 Å². The molecule has 2 rings (SSSR count). The van der Waals surface area contributed by atoms with E-state index in [-0.39, 0.29) is 12.5 Å². The minimum Gasteiger partial charge on any atom is -0.394 e. The predicted octanol–water partition coefficient (Wildman–Crippen LogP) is 13.0. The molecule has 1 amide bonds. The Morgan fingerprint density at radius 3 is 1.20 bits per heavy atom. The van der Waals surface area contributed by atoms with Crippen LogP contribution in [0.4, 0.5) is 0 Å². The minimum absolute atomic E-state index is 0.212. The predicted molar refractivity (Wildman–Crippen MR) is 323 cm³/mol. The number of nitrogens with one attached hydrogen (secondary N) is 1. The SMILES string of the molecule is CCCCCC/C=C\CCCCCCCC(=O)NC(COC1OC(CO)C(OC2OC(CO)C(O)C(O)C2O)C(O)C1O)C(O)CCCCCCCCCCCCCCCCCCCCCCCCCCCCCCCCCCC. The molecule has 0 spiro atoms. The molecule has 474 valence electrons. The Hall–Kier alpha value is -1.27. The molecule has 0 aromatic rings. The van der Waals surface area contributed by atoms with E-state index in [1.165, 1.54) is 212 Å². The van der Waals surface area contributed by atoms with Crippen LogP contribution >= 0.6 is 0 Å². The Morgan fingerprint density at radius 1 is 0.438 bits per heavy atom. The summed E-state index contributed by atoms with van der Waals surface area (Å²) in [4.78, 5) is 13.3. The van der Waals surface area contributed by atoms with Crippen molar-refractivity contribution in [1.29, 1.82) is 0 Å². The maximum atomic E-state index is 13.3. The monoisotopic (exact) mass is 1140 g/mol. The van der Waals surface area contributed by atoms with Crippen LogP contribution in [0.25, 0.3) is 0 Å². The Balaban J connectivity index is 1.61. The van der Waals surface area contributed by atoms with Crippen LogP contribution in [0.5, 0.6) is 0 Å². The number of carbonyl (C=O) groups is 1. The van der Waals surface area contributed by atoms with Crippen molar-refractivity contribution >= 4 is 5.91 Å². The molecule has 14 heteroatoms. The molecule has 0 bridgehead atoms. The molecule has 0 radical (unpaired) electrons. The highest BCUT2D eigenvalue weighted by Gasteiger charge is 2.51. The molecule has 0 aromatic heterocycles. The van der Waals surface area contributed by atoms with E-state index in [2.05, 4.69) is 31.3 Å². The third-order valence-electron chi connectivity index (χ3n) is 17.0. The summed E-state index contributed by atoms with van der Waals surface area (Å²) in [6, 6.07) is -0.830. The number of carbonyl (C=O) groups excluding carboxylic acids is 1. The maximum Gasteiger partial charge on any atom is 0.220 e. The fraction of sp³-hybridized carbons (Fsp3) is 0.955. The molecule has 2 aliphatic rings. The van der Waals surface area contributed by atoms with Crippen LogP contribution in [0.1, 0.15) is 309 Å². The lowest BCUT2D eigenvalue weighted by Gasteiger charge is -2.46. The molecule has 80 heavy (non-hydrogen) atoms. The topological polar surface area (TPSA) is 228 Å². The van der Waals surface area contributed by atoms with Crippen LogP contribution in [0, 0.1) is 0 Å². The molecule has 2 heterocycles. The first-order chi connectivity index (χ1) is 39.1. The van der Waals surface area contributed by atoms with Crippen molar-refractivity contribution in [2.75, 3.05) is 19.8 Å². The number of hydrogen-bond acceptors (Lipinski definition) is 13. The molecular formula is C66H127NO13. The first kappa shape index (κ1) is 74.8. The van der Waals surface area contributed by atoms with Crippen LogP contribution < -0.4 is 5.32 Å². The Kier molecular flexibility index (Phi) is 48.7. The second-order valence-electron chi connectivity index (χ2n) is 24.3. The standard InChI is InChI=1S/C66H127NO13/c1-3-5-7-9-11-13-15-17-18-19-20-21-22-23-24-25-26-27-28-29-30-31-32-33-34-35-36-38-39-41-43-45-47-49-55(70)54(67-58(71)50-48-46-44-42-40-37-16-14-12-10-8-6-4-2)53-77-65-63(76)61(74)64(57(52-69)79-65)80-66-62(75)60(73)59(72)56(51-68)78-66/h14,16,54-57,59-66,68-70,72-76H,3-13,15,17-53H2,1-2H3,(H,67,71)/b16-14-. The number of aliphatic hydroxyl groups excluding tert-OH is 8. The third kappa shape index (κ3) is 36.5. The minimum atomic E-state index is -1.78. The third-order valence-corrected chi connectivity index (χ3v) is 17.0. The molecule has 2 saturated heterocycles. The van der Waals surface area contributed by atoms with Crippen molar-refractivity contribution < 1.29 is 64.6 Å². The van der Waals surface area contributed by atoms with Crippen LogP contribution in [0.2, 0.25) is 0 Å². The lowest BCUT2D eigenvalue weighted by atomic mass is 9.97. The summed E-state index contributed by atoms with van der Waals surface area (Å²) >= 11 is 0. The van der Waals surface area contributed by atoms with Gasteiger partial charge in [0.2, 0.25) is 5.91 Å². The molecule has 0 saturated carbocycles. The number of hydrogen-bond donors (Lipinski definition) is 9. The van der Waals surface area contributed by atoms with E-state index in [0.29, 0.717) is 19.3 Å². The van der Waals surface area contributed by atoms with E-state index < -0.39 is 86.8 Å². The molecule has 12 atom stereocenters. The van der Waals surface area contributed by atoms with Gasteiger partial charge in [0.05, 0.1) is 32.0 Å². The van der Waals surface area contributed by atoms with Crippen molar-refractivity contribution in [3.05, 3.63) is 12.2 Å². The molecule has 2 fully saturated rings. The van der Waals surface area contributed by atoms with Crippen molar-refractivity contribution in [2.24, 2.45) is 0 Å². The van der Waals surface area contributed by atoms with Gasteiger partial charge in [-0.25, -0.2) is 0 Å². The molecule has 14 nitrogen and oxygen atoms in total. The van der Waals surface area contributed by atoms with Gasteiger partial charge in [-0.1, -0.05) is 276 Å². The van der Waals surface area contributed by atoms with Gasteiger partial charge in [-0.2, -0.15) is 0 Å². The van der Waals surface area contributed by atoms with Gasteiger partial charge in [-0.15, -0.1) is 0 Å². The highest BCUT2D eigenvalue weighted by atomic mass is 16.7. The van der Waals surface area contributed by atoms with E-state index >= 15 is 0 Å². The van der Waals surface area contributed by atoms with Gasteiger partial charge in [-0.05, 0) is 38.5 Å². The smallest absolute Gasteiger partial charge is 0.220 e. The lowest BCUT2D eigenvalue weighted by molar-refractivity contribution is -0.359. The number of aliphatic hydroxyl groups is 8. The molecule has 0 aliphatic carbocycles. The zero-order chi connectivity index (χ0) is 58.1. The van der Waals surface area contributed by atoms with Crippen LogP contribution in [-0.2, 0) is 23.7 Å². The van der Waals surface area contributed by atoms with E-state index in [9.17, 15) is 45.6 Å². The number of ether oxygens (including phenoxy) is 4. The second-order valence-corrected chi connectivity index (χ2v) is 24.3. The van der Waals surface area contributed by atoms with Crippen LogP contribution in [-0.4, -0.2) is 140 Å². The fourth-order valence-electron chi connectivity index (χ4n) is 11.5. The van der Waals surface area contributed by atoms with Gasteiger partial charge in [0.1, 0.15) is 48.8 Å². The van der Waals surface area contributed by atoms with Crippen molar-refractivity contribution in [2.45, 2.75) is 383 Å². The van der Waals surface area contributed by atoms with Gasteiger partial charge >= 0.3 is 0 Å². The maximum absolute atomic E-state index is 13.3. The summed E-state index contributed by atoms with van der Waals surface area (Å²) in [7, 11) is 0. The average Bonchev–Trinajstić information content (AvgIpc) is 3.47. The summed E-state index contributed by atoms with van der Waals surface area (Å²) in [5.41, 5.74) is 0. The van der Waals surface area contributed by atoms with Crippen LogP contribution in [0.15, 0.2) is 12.2 Å². The van der Waals surface area contributed by atoms with Crippen molar-refractivity contribution in [1.82, 2.24) is 5.32 Å². The normalized spacial score (nSPS) is 24.2. The number of unbranched alkanes of at least 4 members (excludes halogenated alkanes) is 41. The van der Waals surface area contributed by atoms with Crippen molar-refractivity contribution in [3.8, 4) is 0 Å². The number of rotatable bonds is 56. The fourth-order valence-corrected chi connectivity index (χ4v) is 11.5. The lowest BCUT2D eigenvalue weighted by Crippen LogP contribution is -2.65. The molecule has 9 N–H and O–H groups in total. The Labute approximate surface area is 488 Å². The first-order valence-electron chi connectivity index (χ1n) is 33.9. The van der Waals surface area contributed by atoms with Gasteiger partial charge < -0.3 is 65.1 Å². The highest BCUT2D eigenvalue weighted by molar-refractivity contribution is 5.76. The summed E-state index contributed by atoms with van der Waals surface area (Å²) in [6.45, 7) is 2.87.